The lowest BCUT2D eigenvalue weighted by Crippen LogP contribution is -2.19. The van der Waals surface area contributed by atoms with Crippen molar-refractivity contribution in [2.75, 3.05) is 6.54 Å². The summed E-state index contributed by atoms with van der Waals surface area (Å²) >= 11 is 1.99. The van der Waals surface area contributed by atoms with Gasteiger partial charge in [0, 0.05) is 15.8 Å². The molecule has 0 aromatic carbocycles. The molecule has 1 aromatic rings. The Bertz CT molecular complexity index is 362. The van der Waals surface area contributed by atoms with Gasteiger partial charge in [-0.05, 0) is 30.5 Å². The molecule has 2 heteroatoms. The molecule has 1 atom stereocenters. The second-order valence-corrected chi connectivity index (χ2v) is 7.88. The zero-order chi connectivity index (χ0) is 15.0. The number of hydrogen-bond donors (Lipinski definition) is 1. The van der Waals surface area contributed by atoms with Crippen LogP contribution in [0.3, 0.4) is 0 Å². The molecule has 0 radical (unpaired) electrons. The summed E-state index contributed by atoms with van der Waals surface area (Å²) in [5, 5.41) is 3.66. The molecule has 116 valence electrons. The van der Waals surface area contributed by atoms with Gasteiger partial charge in [-0.25, -0.2) is 0 Å². The predicted octanol–water partition coefficient (Wildman–Crippen LogP) is 6.06. The van der Waals surface area contributed by atoms with Gasteiger partial charge in [0.1, 0.15) is 0 Å². The summed E-state index contributed by atoms with van der Waals surface area (Å²) in [4.78, 5) is 3.02. The highest BCUT2D eigenvalue weighted by atomic mass is 32.1. The molecule has 0 aliphatic heterocycles. The monoisotopic (exact) mass is 295 g/mol. The van der Waals surface area contributed by atoms with Crippen molar-refractivity contribution in [3.63, 3.8) is 0 Å². The second-order valence-electron chi connectivity index (χ2n) is 6.77. The molecule has 1 heterocycles. The summed E-state index contributed by atoms with van der Waals surface area (Å²) < 4.78 is 0. The molecule has 0 bridgehead atoms. The van der Waals surface area contributed by atoms with E-state index in [1.54, 1.807) is 0 Å². The lowest BCUT2D eigenvalue weighted by atomic mass is 9.95. The van der Waals surface area contributed by atoms with Crippen LogP contribution < -0.4 is 5.32 Å². The molecule has 0 saturated carbocycles. The van der Waals surface area contributed by atoms with Gasteiger partial charge >= 0.3 is 0 Å². The summed E-state index contributed by atoms with van der Waals surface area (Å²) in [5.74, 6) is 0. The Hall–Kier alpha value is -0.340. The zero-order valence-electron chi connectivity index (χ0n) is 14.1. The normalized spacial score (nSPS) is 13.7. The van der Waals surface area contributed by atoms with E-state index in [0.717, 1.165) is 6.54 Å². The van der Waals surface area contributed by atoms with Crippen molar-refractivity contribution >= 4 is 11.3 Å². The largest absolute Gasteiger partial charge is 0.310 e. The van der Waals surface area contributed by atoms with E-state index in [1.807, 2.05) is 11.3 Å². The third-order valence-electron chi connectivity index (χ3n) is 3.76. The fourth-order valence-electron chi connectivity index (χ4n) is 2.49. The summed E-state index contributed by atoms with van der Waals surface area (Å²) in [6.07, 6.45) is 8.12. The Morgan fingerprint density at radius 2 is 1.75 bits per heavy atom. The van der Waals surface area contributed by atoms with Crippen molar-refractivity contribution in [1.29, 1.82) is 0 Å². The highest BCUT2D eigenvalue weighted by Gasteiger charge is 2.19. The van der Waals surface area contributed by atoms with E-state index in [0.29, 0.717) is 6.04 Å². The van der Waals surface area contributed by atoms with E-state index in [-0.39, 0.29) is 5.41 Å². The number of rotatable bonds is 9. The van der Waals surface area contributed by atoms with E-state index in [2.05, 4.69) is 52.1 Å². The van der Waals surface area contributed by atoms with Crippen LogP contribution in [0.1, 0.15) is 88.9 Å². The van der Waals surface area contributed by atoms with Gasteiger partial charge in [-0.3, -0.25) is 0 Å². The molecule has 1 nitrogen and oxygen atoms in total. The van der Waals surface area contributed by atoms with Crippen LogP contribution in [0.25, 0.3) is 0 Å². The van der Waals surface area contributed by atoms with Crippen molar-refractivity contribution in [1.82, 2.24) is 5.32 Å². The van der Waals surface area contributed by atoms with Crippen LogP contribution in [0, 0.1) is 0 Å². The number of unbranched alkanes of at least 4 members (excludes halogenated alkanes) is 4. The van der Waals surface area contributed by atoms with Crippen molar-refractivity contribution in [3.05, 3.63) is 21.9 Å². The van der Waals surface area contributed by atoms with Gasteiger partial charge in [-0.15, -0.1) is 11.3 Å². The molecule has 0 spiro atoms. The lowest BCUT2D eigenvalue weighted by Gasteiger charge is -2.18. The van der Waals surface area contributed by atoms with Crippen molar-refractivity contribution in [2.45, 2.75) is 84.6 Å². The first kappa shape index (κ1) is 17.7. The van der Waals surface area contributed by atoms with Crippen molar-refractivity contribution < 1.29 is 0 Å². The van der Waals surface area contributed by atoms with Crippen LogP contribution in [0.2, 0.25) is 0 Å². The summed E-state index contributed by atoms with van der Waals surface area (Å²) in [5.41, 5.74) is 0.279. The standard InChI is InChI=1S/C18H33NS/c1-6-8-9-10-11-12-15(19-7-2)16-13-14-17(20-16)18(3,4)5/h13-15,19H,6-12H2,1-5H3. The van der Waals surface area contributed by atoms with Crippen LogP contribution in [0.4, 0.5) is 0 Å². The molecule has 1 rings (SSSR count). The van der Waals surface area contributed by atoms with E-state index in [1.165, 1.54) is 48.3 Å². The minimum atomic E-state index is 0.279. The van der Waals surface area contributed by atoms with Gasteiger partial charge in [0.25, 0.3) is 0 Å². The SMILES string of the molecule is CCCCCCCC(NCC)c1ccc(C(C)(C)C)s1. The topological polar surface area (TPSA) is 12.0 Å². The number of nitrogens with one attached hydrogen (secondary N) is 1. The molecule has 0 saturated heterocycles. The van der Waals surface area contributed by atoms with E-state index in [4.69, 9.17) is 0 Å². The van der Waals surface area contributed by atoms with Gasteiger partial charge in [-0.1, -0.05) is 66.7 Å². The number of hydrogen-bond acceptors (Lipinski definition) is 2. The molecule has 0 aliphatic carbocycles. The fraction of sp³-hybridized carbons (Fsp3) is 0.778. The third-order valence-corrected chi connectivity index (χ3v) is 5.38. The quantitative estimate of drug-likeness (QED) is 0.546. The highest BCUT2D eigenvalue weighted by molar-refractivity contribution is 7.12. The predicted molar refractivity (Wildman–Crippen MR) is 92.8 cm³/mol. The van der Waals surface area contributed by atoms with E-state index < -0.39 is 0 Å². The summed E-state index contributed by atoms with van der Waals surface area (Å²) in [6, 6.07) is 5.22. The first-order valence-corrected chi connectivity index (χ1v) is 9.14. The summed E-state index contributed by atoms with van der Waals surface area (Å²) in [7, 11) is 0. The maximum Gasteiger partial charge on any atom is 0.0414 e. The van der Waals surface area contributed by atoms with Gasteiger partial charge < -0.3 is 5.32 Å². The van der Waals surface area contributed by atoms with Gasteiger partial charge in [0.05, 0.1) is 0 Å². The van der Waals surface area contributed by atoms with Crippen molar-refractivity contribution in [3.8, 4) is 0 Å². The average Bonchev–Trinajstić information content (AvgIpc) is 2.86. The molecule has 20 heavy (non-hydrogen) atoms. The molecule has 1 unspecified atom stereocenters. The molecule has 1 aromatic heterocycles. The van der Waals surface area contributed by atoms with Gasteiger partial charge in [-0.2, -0.15) is 0 Å². The smallest absolute Gasteiger partial charge is 0.0414 e. The van der Waals surface area contributed by atoms with Crippen molar-refractivity contribution in [2.24, 2.45) is 0 Å². The van der Waals surface area contributed by atoms with Crippen LogP contribution in [0.15, 0.2) is 12.1 Å². The molecule has 0 fully saturated rings. The maximum absolute atomic E-state index is 3.66. The third kappa shape index (κ3) is 5.97. The van der Waals surface area contributed by atoms with Crippen LogP contribution in [-0.2, 0) is 5.41 Å². The van der Waals surface area contributed by atoms with Gasteiger partial charge in [0.2, 0.25) is 0 Å². The Labute approximate surface area is 130 Å². The van der Waals surface area contributed by atoms with E-state index >= 15 is 0 Å². The van der Waals surface area contributed by atoms with Crippen LogP contribution >= 0.6 is 11.3 Å². The first-order valence-electron chi connectivity index (χ1n) is 8.32. The van der Waals surface area contributed by atoms with Crippen LogP contribution in [-0.4, -0.2) is 6.54 Å². The van der Waals surface area contributed by atoms with Crippen LogP contribution in [0.5, 0.6) is 0 Å². The number of thiophene rings is 1. The fourth-order valence-corrected chi connectivity index (χ4v) is 3.66. The van der Waals surface area contributed by atoms with Gasteiger partial charge in [0.15, 0.2) is 0 Å². The first-order chi connectivity index (χ1) is 9.49. The minimum Gasteiger partial charge on any atom is -0.310 e. The van der Waals surface area contributed by atoms with E-state index in [9.17, 15) is 0 Å². The Morgan fingerprint density at radius 3 is 2.30 bits per heavy atom. The Morgan fingerprint density at radius 1 is 1.05 bits per heavy atom. The molecule has 0 aliphatic rings. The maximum atomic E-state index is 3.66. The molecule has 0 amide bonds. The minimum absolute atomic E-state index is 0.279. The zero-order valence-corrected chi connectivity index (χ0v) is 14.9. The average molecular weight is 296 g/mol. The Kier molecular flexibility index (Phi) is 7.83. The Balaban J connectivity index is 2.54. The second kappa shape index (κ2) is 8.84. The highest BCUT2D eigenvalue weighted by Crippen LogP contribution is 2.34. The lowest BCUT2D eigenvalue weighted by molar-refractivity contribution is 0.484. The molecule has 1 N–H and O–H groups in total. The molecular weight excluding hydrogens is 262 g/mol. The summed E-state index contributed by atoms with van der Waals surface area (Å²) in [6.45, 7) is 12.5. The molecular formula is C18H33NS.